The third kappa shape index (κ3) is 3.56. The molecule has 6 heteroatoms. The minimum Gasteiger partial charge on any atom is -0.495 e. The van der Waals surface area contributed by atoms with E-state index < -0.39 is 23.8 Å². The lowest BCUT2D eigenvalue weighted by molar-refractivity contribution is -0.139. The summed E-state index contributed by atoms with van der Waals surface area (Å²) in [4.78, 5) is 23.5. The van der Waals surface area contributed by atoms with Crippen molar-refractivity contribution < 1.29 is 24.5 Å². The molecular formula is C19H19NO5. The van der Waals surface area contributed by atoms with Crippen molar-refractivity contribution in [3.05, 3.63) is 58.4 Å². The maximum atomic E-state index is 11.9. The summed E-state index contributed by atoms with van der Waals surface area (Å²) < 4.78 is 5.76. The van der Waals surface area contributed by atoms with Crippen LogP contribution in [0, 0.1) is 17.2 Å². The van der Waals surface area contributed by atoms with E-state index in [1.54, 1.807) is 38.1 Å². The Morgan fingerprint density at radius 1 is 1.24 bits per heavy atom. The number of carbonyl (C=O) groups is 2. The average Bonchev–Trinajstić information content (AvgIpc) is 2.54. The van der Waals surface area contributed by atoms with Crippen molar-refractivity contribution in [1.29, 1.82) is 5.26 Å². The van der Waals surface area contributed by atoms with Gasteiger partial charge < -0.3 is 14.9 Å². The van der Waals surface area contributed by atoms with Gasteiger partial charge in [0.2, 0.25) is 0 Å². The topological polar surface area (TPSA) is 108 Å². The molecule has 0 radical (unpaired) electrons. The number of carboxylic acid groups (broad SMARTS) is 2. The summed E-state index contributed by atoms with van der Waals surface area (Å²) >= 11 is 0. The zero-order valence-corrected chi connectivity index (χ0v) is 14.2. The molecule has 2 atom stereocenters. The van der Waals surface area contributed by atoms with Gasteiger partial charge >= 0.3 is 11.9 Å². The van der Waals surface area contributed by atoms with Gasteiger partial charge in [-0.1, -0.05) is 18.2 Å². The third-order valence-corrected chi connectivity index (χ3v) is 4.06. The molecular weight excluding hydrogens is 322 g/mol. The second-order valence-corrected chi connectivity index (χ2v) is 6.09. The van der Waals surface area contributed by atoms with Crippen LogP contribution in [0.5, 0.6) is 0 Å². The van der Waals surface area contributed by atoms with Gasteiger partial charge in [-0.05, 0) is 44.1 Å². The molecule has 1 aromatic rings. The summed E-state index contributed by atoms with van der Waals surface area (Å²) in [5.41, 5.74) is 0.977. The molecule has 2 N–H and O–H groups in total. The molecule has 2 rings (SSSR count). The largest absolute Gasteiger partial charge is 0.495 e. The monoisotopic (exact) mass is 341 g/mol. The van der Waals surface area contributed by atoms with Crippen LogP contribution in [0.4, 0.5) is 0 Å². The van der Waals surface area contributed by atoms with Gasteiger partial charge in [-0.2, -0.15) is 5.26 Å². The van der Waals surface area contributed by atoms with Crippen molar-refractivity contribution in [2.24, 2.45) is 5.92 Å². The van der Waals surface area contributed by atoms with Gasteiger partial charge in [0.05, 0.1) is 35.1 Å². The zero-order chi connectivity index (χ0) is 18.7. The lowest BCUT2D eigenvalue weighted by Gasteiger charge is -2.31. The van der Waals surface area contributed by atoms with E-state index in [-0.39, 0.29) is 23.0 Å². The molecule has 0 heterocycles. The smallest absolute Gasteiger partial charge is 0.332 e. The first kappa shape index (κ1) is 18.3. The molecule has 1 aliphatic rings. The van der Waals surface area contributed by atoms with E-state index in [4.69, 9.17) is 4.74 Å². The van der Waals surface area contributed by atoms with Gasteiger partial charge in [-0.3, -0.25) is 4.79 Å². The summed E-state index contributed by atoms with van der Waals surface area (Å²) in [5, 5.41) is 28.6. The van der Waals surface area contributed by atoms with Crippen molar-refractivity contribution in [2.45, 2.75) is 32.8 Å². The van der Waals surface area contributed by atoms with Crippen LogP contribution in [0.2, 0.25) is 0 Å². The van der Waals surface area contributed by atoms with E-state index in [1.807, 2.05) is 0 Å². The van der Waals surface area contributed by atoms with Gasteiger partial charge in [0.25, 0.3) is 0 Å². The number of hydrogen-bond acceptors (Lipinski definition) is 4. The van der Waals surface area contributed by atoms with E-state index >= 15 is 0 Å². The summed E-state index contributed by atoms with van der Waals surface area (Å²) in [7, 11) is 0. The molecule has 25 heavy (non-hydrogen) atoms. The van der Waals surface area contributed by atoms with E-state index in [0.29, 0.717) is 11.1 Å². The molecule has 130 valence electrons. The average molecular weight is 341 g/mol. The molecule has 1 aromatic carbocycles. The minimum atomic E-state index is -1.22. The number of benzene rings is 1. The van der Waals surface area contributed by atoms with Crippen molar-refractivity contribution in [1.82, 2.24) is 0 Å². The minimum absolute atomic E-state index is 0.0618. The Kier molecular flexibility index (Phi) is 5.28. The Morgan fingerprint density at radius 2 is 1.88 bits per heavy atom. The molecule has 0 amide bonds. The fraction of sp³-hybridized carbons (Fsp3) is 0.316. The predicted octanol–water partition coefficient (Wildman–Crippen LogP) is 3.07. The highest BCUT2D eigenvalue weighted by atomic mass is 16.5. The standard InChI is InChI=1S/C19H19NO5/c1-10(2)25-15-8-14(18(21)22)11(3)16(19(23)24)17(15)13-7-5-4-6-12(13)9-20/h4-8,10,14,17H,1-3H3,(H,21,22)(H,23,24). The van der Waals surface area contributed by atoms with Crippen LogP contribution in [-0.2, 0) is 14.3 Å². The SMILES string of the molecule is CC1=C(C(=O)O)C(c2ccccc2C#N)C(OC(C)C)=CC1C(=O)O. The van der Waals surface area contributed by atoms with Gasteiger partial charge in [-0.25, -0.2) is 4.79 Å². The number of allylic oxidation sites excluding steroid dienone is 1. The summed E-state index contributed by atoms with van der Waals surface area (Å²) in [6, 6.07) is 8.72. The molecule has 0 spiro atoms. The highest BCUT2D eigenvalue weighted by Gasteiger charge is 2.39. The lowest BCUT2D eigenvalue weighted by atomic mass is 9.76. The number of nitriles is 1. The Hall–Kier alpha value is -3.07. The maximum Gasteiger partial charge on any atom is 0.332 e. The van der Waals surface area contributed by atoms with Crippen molar-refractivity contribution in [3.8, 4) is 6.07 Å². The maximum absolute atomic E-state index is 11.9. The molecule has 0 aliphatic heterocycles. The van der Waals surface area contributed by atoms with Gasteiger partial charge in [0.15, 0.2) is 0 Å². The predicted molar refractivity (Wildman–Crippen MR) is 89.7 cm³/mol. The van der Waals surface area contributed by atoms with E-state index in [1.165, 1.54) is 13.0 Å². The first-order valence-corrected chi connectivity index (χ1v) is 7.82. The Balaban J connectivity index is 2.74. The molecule has 6 nitrogen and oxygen atoms in total. The summed E-state index contributed by atoms with van der Waals surface area (Å²) in [6.45, 7) is 5.04. The first-order valence-electron chi connectivity index (χ1n) is 7.82. The van der Waals surface area contributed by atoms with Gasteiger partial charge in [0.1, 0.15) is 5.76 Å². The van der Waals surface area contributed by atoms with Crippen molar-refractivity contribution in [2.75, 3.05) is 0 Å². The zero-order valence-electron chi connectivity index (χ0n) is 14.2. The molecule has 0 aromatic heterocycles. The molecule has 2 unspecified atom stereocenters. The summed E-state index contributed by atoms with van der Waals surface area (Å²) in [5.74, 6) is -4.03. The fourth-order valence-electron chi connectivity index (χ4n) is 3.01. The quantitative estimate of drug-likeness (QED) is 0.852. The molecule has 0 fully saturated rings. The second-order valence-electron chi connectivity index (χ2n) is 6.09. The fourth-order valence-corrected chi connectivity index (χ4v) is 3.01. The summed E-state index contributed by atoms with van der Waals surface area (Å²) in [6.07, 6.45) is 1.16. The number of carboxylic acids is 2. The van der Waals surface area contributed by atoms with Gasteiger partial charge in [0, 0.05) is 0 Å². The van der Waals surface area contributed by atoms with Crippen LogP contribution in [-0.4, -0.2) is 28.3 Å². The van der Waals surface area contributed by atoms with Crippen LogP contribution >= 0.6 is 0 Å². The lowest BCUT2D eigenvalue weighted by Crippen LogP contribution is -2.28. The van der Waals surface area contributed by atoms with E-state index in [2.05, 4.69) is 6.07 Å². The van der Waals surface area contributed by atoms with Crippen LogP contribution in [0.25, 0.3) is 0 Å². The van der Waals surface area contributed by atoms with Crippen molar-refractivity contribution in [3.63, 3.8) is 0 Å². The molecule has 0 saturated carbocycles. The van der Waals surface area contributed by atoms with Gasteiger partial charge in [-0.15, -0.1) is 0 Å². The number of rotatable bonds is 5. The number of nitrogens with zero attached hydrogens (tertiary/aromatic N) is 1. The number of aliphatic carboxylic acids is 2. The van der Waals surface area contributed by atoms with E-state index in [9.17, 15) is 25.1 Å². The van der Waals surface area contributed by atoms with Crippen molar-refractivity contribution >= 4 is 11.9 Å². The highest BCUT2D eigenvalue weighted by Crippen LogP contribution is 2.42. The Bertz CT molecular complexity index is 813. The Labute approximate surface area is 145 Å². The van der Waals surface area contributed by atoms with Crippen LogP contribution in [0.1, 0.15) is 37.8 Å². The van der Waals surface area contributed by atoms with Crippen LogP contribution in [0.15, 0.2) is 47.2 Å². The molecule has 0 bridgehead atoms. The first-order chi connectivity index (χ1) is 11.8. The third-order valence-electron chi connectivity index (χ3n) is 4.06. The number of hydrogen-bond donors (Lipinski definition) is 2. The Morgan fingerprint density at radius 3 is 2.40 bits per heavy atom. The van der Waals surface area contributed by atoms with Crippen LogP contribution in [0.3, 0.4) is 0 Å². The molecule has 1 aliphatic carbocycles. The highest BCUT2D eigenvalue weighted by molar-refractivity contribution is 5.93. The second kappa shape index (κ2) is 7.22. The van der Waals surface area contributed by atoms with E-state index in [0.717, 1.165) is 0 Å². The number of ether oxygens (including phenoxy) is 1. The molecule has 0 saturated heterocycles. The normalized spacial score (nSPS) is 20.0. The van der Waals surface area contributed by atoms with Crippen LogP contribution < -0.4 is 0 Å².